The number of nitrogens with zero attached hydrogens (tertiary/aromatic N) is 2. The summed E-state index contributed by atoms with van der Waals surface area (Å²) in [5.74, 6) is -0.353. The van der Waals surface area contributed by atoms with Crippen LogP contribution in [0.1, 0.15) is 6.42 Å². The number of rotatable bonds is 2. The zero-order chi connectivity index (χ0) is 11.7. The van der Waals surface area contributed by atoms with Crippen LogP contribution in [0.4, 0.5) is 10.1 Å². The summed E-state index contributed by atoms with van der Waals surface area (Å²) in [6.45, 7) is 4.20. The molecule has 1 aliphatic rings. The maximum Gasteiger partial charge on any atom is 0.227 e. The van der Waals surface area contributed by atoms with E-state index in [4.69, 9.17) is 0 Å². The van der Waals surface area contributed by atoms with Crippen molar-refractivity contribution < 1.29 is 9.18 Å². The highest BCUT2D eigenvalue weighted by Gasteiger charge is 2.30. The van der Waals surface area contributed by atoms with Crippen molar-refractivity contribution in [3.05, 3.63) is 35.3 Å². The van der Waals surface area contributed by atoms with E-state index in [1.54, 1.807) is 6.08 Å². The molecule has 0 bridgehead atoms. The average molecular weight is 285 g/mol. The number of hydrogen-bond donors (Lipinski definition) is 0. The second-order valence-corrected chi connectivity index (χ2v) is 4.42. The molecule has 0 aliphatic carbocycles. The normalized spacial score (nSPS) is 20.2. The summed E-state index contributed by atoms with van der Waals surface area (Å²) in [5.41, 5.74) is 0.481. The van der Waals surface area contributed by atoms with E-state index in [2.05, 4.69) is 27.5 Å². The molecule has 1 aromatic heterocycles. The van der Waals surface area contributed by atoms with E-state index in [1.807, 2.05) is 0 Å². The van der Waals surface area contributed by atoms with Crippen molar-refractivity contribution in [3.8, 4) is 0 Å². The molecule has 0 radical (unpaired) electrons. The van der Waals surface area contributed by atoms with Gasteiger partial charge in [0.15, 0.2) is 0 Å². The van der Waals surface area contributed by atoms with Crippen molar-refractivity contribution in [2.75, 3.05) is 11.4 Å². The maximum absolute atomic E-state index is 13.1. The third-order valence-electron chi connectivity index (χ3n) is 2.57. The fraction of sp³-hybridized carbons (Fsp3) is 0.273. The van der Waals surface area contributed by atoms with Crippen molar-refractivity contribution >= 4 is 27.5 Å². The van der Waals surface area contributed by atoms with Gasteiger partial charge in [-0.3, -0.25) is 4.79 Å². The number of hydrogen-bond acceptors (Lipinski definition) is 2. The molecule has 3 nitrogen and oxygen atoms in total. The Balaban J connectivity index is 2.34. The first-order valence-electron chi connectivity index (χ1n) is 4.85. The average Bonchev–Trinajstić information content (AvgIpc) is 2.63. The van der Waals surface area contributed by atoms with Crippen LogP contribution in [0.2, 0.25) is 0 Å². The van der Waals surface area contributed by atoms with E-state index >= 15 is 0 Å². The van der Waals surface area contributed by atoms with Gasteiger partial charge in [-0.2, -0.15) is 0 Å². The summed E-state index contributed by atoms with van der Waals surface area (Å²) in [5, 5.41) is 0. The van der Waals surface area contributed by atoms with Crippen molar-refractivity contribution in [2.45, 2.75) is 6.42 Å². The topological polar surface area (TPSA) is 33.2 Å². The van der Waals surface area contributed by atoms with E-state index < -0.39 is 5.82 Å². The Morgan fingerprint density at radius 3 is 3.06 bits per heavy atom. The first-order chi connectivity index (χ1) is 7.61. The van der Waals surface area contributed by atoms with Gasteiger partial charge >= 0.3 is 0 Å². The minimum atomic E-state index is -0.451. The summed E-state index contributed by atoms with van der Waals surface area (Å²) in [7, 11) is 0. The molecule has 16 heavy (non-hydrogen) atoms. The number of pyridine rings is 1. The molecule has 0 N–H and O–H groups in total. The second kappa shape index (κ2) is 4.33. The lowest BCUT2D eigenvalue weighted by Crippen LogP contribution is -2.25. The first kappa shape index (κ1) is 11.3. The van der Waals surface area contributed by atoms with Gasteiger partial charge in [0.1, 0.15) is 10.4 Å². The Morgan fingerprint density at radius 1 is 1.69 bits per heavy atom. The predicted molar refractivity (Wildman–Crippen MR) is 62.6 cm³/mol. The van der Waals surface area contributed by atoms with E-state index in [-0.39, 0.29) is 11.8 Å². The number of carbonyl (C=O) groups is 1. The largest absolute Gasteiger partial charge is 0.309 e. The number of halogens is 2. The molecule has 0 spiro atoms. The molecule has 1 amide bonds. The van der Waals surface area contributed by atoms with Crippen LogP contribution in [0.15, 0.2) is 29.5 Å². The molecule has 0 aromatic carbocycles. The molecule has 1 unspecified atom stereocenters. The standard InChI is InChI=1S/C11H10BrFN2O/c1-2-7-3-10(16)15(6-7)9-4-8(13)5-14-11(9)12/h2,4-5,7H,1,3,6H2. The minimum Gasteiger partial charge on any atom is -0.309 e. The Bertz CT molecular complexity index is 450. The Morgan fingerprint density at radius 2 is 2.44 bits per heavy atom. The molecule has 1 saturated heterocycles. The summed E-state index contributed by atoms with van der Waals surface area (Å²) in [6.07, 6.45) is 3.28. The van der Waals surface area contributed by atoms with Gasteiger partial charge in [0.05, 0.1) is 11.9 Å². The Kier molecular flexibility index (Phi) is 3.05. The number of amides is 1. The number of carbonyl (C=O) groups excluding carboxylic acids is 1. The summed E-state index contributed by atoms with van der Waals surface area (Å²) < 4.78 is 13.5. The fourth-order valence-corrected chi connectivity index (χ4v) is 2.16. The van der Waals surface area contributed by atoms with Gasteiger partial charge in [0, 0.05) is 24.9 Å². The predicted octanol–water partition coefficient (Wildman–Crippen LogP) is 2.52. The second-order valence-electron chi connectivity index (χ2n) is 3.67. The van der Waals surface area contributed by atoms with Gasteiger partial charge in [0.2, 0.25) is 5.91 Å². The van der Waals surface area contributed by atoms with E-state index in [9.17, 15) is 9.18 Å². The maximum atomic E-state index is 13.1. The molecule has 2 heterocycles. The SMILES string of the molecule is C=CC1CC(=O)N(c2cc(F)cnc2Br)C1. The highest BCUT2D eigenvalue weighted by Crippen LogP contribution is 2.30. The Labute approximate surface area is 101 Å². The van der Waals surface area contributed by atoms with Crippen molar-refractivity contribution in [1.29, 1.82) is 0 Å². The van der Waals surface area contributed by atoms with Crippen LogP contribution >= 0.6 is 15.9 Å². The molecular formula is C11H10BrFN2O. The zero-order valence-electron chi connectivity index (χ0n) is 8.49. The molecule has 2 rings (SSSR count). The summed E-state index contributed by atoms with van der Waals surface area (Å²) in [4.78, 5) is 17.1. The molecule has 84 valence electrons. The lowest BCUT2D eigenvalue weighted by molar-refractivity contribution is -0.117. The highest BCUT2D eigenvalue weighted by atomic mass is 79.9. The van der Waals surface area contributed by atoms with E-state index in [1.165, 1.54) is 11.0 Å². The lowest BCUT2D eigenvalue weighted by atomic mass is 10.1. The van der Waals surface area contributed by atoms with E-state index in [0.717, 1.165) is 6.20 Å². The zero-order valence-corrected chi connectivity index (χ0v) is 10.1. The van der Waals surface area contributed by atoms with Gasteiger partial charge in [-0.15, -0.1) is 6.58 Å². The quantitative estimate of drug-likeness (QED) is 0.618. The first-order valence-corrected chi connectivity index (χ1v) is 5.65. The molecule has 5 heteroatoms. The highest BCUT2D eigenvalue weighted by molar-refractivity contribution is 9.10. The minimum absolute atomic E-state index is 0.0296. The van der Waals surface area contributed by atoms with Crippen molar-refractivity contribution in [2.24, 2.45) is 5.92 Å². The van der Waals surface area contributed by atoms with Crippen LogP contribution in [0, 0.1) is 11.7 Å². The van der Waals surface area contributed by atoms with Crippen LogP contribution in [0.25, 0.3) is 0 Å². The van der Waals surface area contributed by atoms with Gasteiger partial charge in [0.25, 0.3) is 0 Å². The third-order valence-corrected chi connectivity index (χ3v) is 3.18. The molecule has 0 saturated carbocycles. The molecule has 1 aromatic rings. The van der Waals surface area contributed by atoms with E-state index in [0.29, 0.717) is 23.3 Å². The van der Waals surface area contributed by atoms with Gasteiger partial charge in [-0.05, 0) is 15.9 Å². The van der Waals surface area contributed by atoms with Crippen molar-refractivity contribution in [1.82, 2.24) is 4.98 Å². The number of aromatic nitrogens is 1. The van der Waals surface area contributed by atoms with Gasteiger partial charge < -0.3 is 4.90 Å². The van der Waals surface area contributed by atoms with Gasteiger partial charge in [-0.1, -0.05) is 6.08 Å². The molecule has 1 atom stereocenters. The molecule has 1 aliphatic heterocycles. The van der Waals surface area contributed by atoms with Crippen LogP contribution in [0.3, 0.4) is 0 Å². The molecule has 1 fully saturated rings. The van der Waals surface area contributed by atoms with Crippen molar-refractivity contribution in [3.63, 3.8) is 0 Å². The van der Waals surface area contributed by atoms with Crippen LogP contribution in [-0.2, 0) is 4.79 Å². The monoisotopic (exact) mass is 284 g/mol. The van der Waals surface area contributed by atoms with Crippen LogP contribution in [-0.4, -0.2) is 17.4 Å². The molecular weight excluding hydrogens is 275 g/mol. The summed E-state index contributed by atoms with van der Waals surface area (Å²) >= 11 is 3.21. The fourth-order valence-electron chi connectivity index (χ4n) is 1.73. The smallest absolute Gasteiger partial charge is 0.227 e. The summed E-state index contributed by atoms with van der Waals surface area (Å²) in [6, 6.07) is 1.31. The Hall–Kier alpha value is -1.23. The van der Waals surface area contributed by atoms with Gasteiger partial charge in [-0.25, -0.2) is 9.37 Å². The van der Waals surface area contributed by atoms with Crippen LogP contribution < -0.4 is 4.90 Å². The van der Waals surface area contributed by atoms with Crippen LogP contribution in [0.5, 0.6) is 0 Å². The number of anilines is 1. The lowest BCUT2D eigenvalue weighted by Gasteiger charge is -2.17. The third kappa shape index (κ3) is 2.00.